The number of aromatic nitrogens is 1. The number of hydrogen-bond acceptors (Lipinski definition) is 5. The topological polar surface area (TPSA) is 79.6 Å². The summed E-state index contributed by atoms with van der Waals surface area (Å²) in [4.78, 5) is 19.5. The summed E-state index contributed by atoms with van der Waals surface area (Å²) in [6, 6.07) is 2.08. The third-order valence-electron chi connectivity index (χ3n) is 6.81. The first kappa shape index (κ1) is 17.1. The normalized spacial score (nSPS) is 28.5. The maximum absolute atomic E-state index is 12.4. The van der Waals surface area contributed by atoms with Crippen LogP contribution in [0.25, 0.3) is 11.1 Å². The molecule has 4 aliphatic rings. The SMILES string of the molecule is O=C1Nc2c(Cl)cc3nc(CN4CC5CC4CO5)oc3c2C2(CCCCC2)N1. The molecule has 2 atom stereocenters. The van der Waals surface area contributed by atoms with Gasteiger partial charge in [-0.1, -0.05) is 30.9 Å². The number of nitrogens with zero attached hydrogens (tertiary/aromatic N) is 2. The van der Waals surface area contributed by atoms with Crippen molar-refractivity contribution in [2.45, 2.75) is 62.8 Å². The molecule has 2 unspecified atom stereocenters. The number of hydrogen-bond donors (Lipinski definition) is 2. The highest BCUT2D eigenvalue weighted by Gasteiger charge is 2.44. The summed E-state index contributed by atoms with van der Waals surface area (Å²) in [5.74, 6) is 0.704. The van der Waals surface area contributed by atoms with Gasteiger partial charge < -0.3 is 19.8 Å². The lowest BCUT2D eigenvalue weighted by Gasteiger charge is -2.42. The summed E-state index contributed by atoms with van der Waals surface area (Å²) in [5, 5.41) is 6.61. The molecule has 28 heavy (non-hydrogen) atoms. The molecule has 2 amide bonds. The largest absolute Gasteiger partial charge is 0.439 e. The van der Waals surface area contributed by atoms with Crippen LogP contribution in [0.15, 0.2) is 10.5 Å². The second-order valence-corrected chi connectivity index (χ2v) is 8.97. The number of morpholine rings is 1. The van der Waals surface area contributed by atoms with E-state index in [0.29, 0.717) is 35.3 Å². The van der Waals surface area contributed by atoms with Crippen LogP contribution in [-0.2, 0) is 16.8 Å². The number of nitrogens with one attached hydrogen (secondary N) is 2. The number of amides is 2. The first-order chi connectivity index (χ1) is 13.6. The molecule has 2 saturated heterocycles. The minimum absolute atomic E-state index is 0.191. The van der Waals surface area contributed by atoms with Crippen molar-refractivity contribution in [3.05, 3.63) is 22.5 Å². The van der Waals surface area contributed by atoms with Gasteiger partial charge in [-0.15, -0.1) is 0 Å². The highest BCUT2D eigenvalue weighted by Crippen LogP contribution is 2.48. The Kier molecular flexibility index (Phi) is 3.71. The van der Waals surface area contributed by atoms with Crippen LogP contribution in [0.4, 0.5) is 10.5 Å². The Morgan fingerprint density at radius 2 is 2.18 bits per heavy atom. The van der Waals surface area contributed by atoms with Crippen molar-refractivity contribution < 1.29 is 13.9 Å². The molecule has 1 spiro atoms. The van der Waals surface area contributed by atoms with Crippen molar-refractivity contribution in [3.8, 4) is 0 Å². The van der Waals surface area contributed by atoms with E-state index in [-0.39, 0.29) is 6.03 Å². The maximum atomic E-state index is 12.4. The summed E-state index contributed by atoms with van der Waals surface area (Å²) in [5.41, 5.74) is 2.75. The highest BCUT2D eigenvalue weighted by atomic mass is 35.5. The van der Waals surface area contributed by atoms with Gasteiger partial charge in [0.15, 0.2) is 5.58 Å². The molecule has 148 valence electrons. The fourth-order valence-electron chi connectivity index (χ4n) is 5.53. The van der Waals surface area contributed by atoms with Crippen LogP contribution in [0.2, 0.25) is 5.02 Å². The fraction of sp³-hybridized carbons (Fsp3) is 0.600. The number of fused-ring (bicyclic) bond motifs is 6. The predicted molar refractivity (Wildman–Crippen MR) is 104 cm³/mol. The van der Waals surface area contributed by atoms with Crippen LogP contribution >= 0.6 is 11.6 Å². The van der Waals surface area contributed by atoms with Gasteiger partial charge >= 0.3 is 6.03 Å². The number of anilines is 1. The van der Waals surface area contributed by atoms with Crippen LogP contribution in [-0.4, -0.2) is 41.2 Å². The minimum atomic E-state index is -0.420. The minimum Gasteiger partial charge on any atom is -0.439 e. The van der Waals surface area contributed by atoms with Crippen molar-refractivity contribution in [3.63, 3.8) is 0 Å². The zero-order valence-corrected chi connectivity index (χ0v) is 16.3. The smallest absolute Gasteiger partial charge is 0.319 e. The maximum Gasteiger partial charge on any atom is 0.319 e. The molecule has 7 nitrogen and oxygen atoms in total. The average Bonchev–Trinajstić information content (AvgIpc) is 3.38. The Morgan fingerprint density at radius 3 is 2.93 bits per heavy atom. The Balaban J connectivity index is 1.45. The number of oxazole rings is 1. The molecule has 0 radical (unpaired) electrons. The Morgan fingerprint density at radius 1 is 1.32 bits per heavy atom. The molecule has 6 rings (SSSR count). The van der Waals surface area contributed by atoms with E-state index in [1.165, 1.54) is 6.42 Å². The number of carbonyl (C=O) groups is 1. The second-order valence-electron chi connectivity index (χ2n) is 8.56. The van der Waals surface area contributed by atoms with Gasteiger partial charge in [0.05, 0.1) is 35.5 Å². The number of benzene rings is 1. The molecular formula is C20H23ClN4O3. The molecule has 2 bridgehead atoms. The Bertz CT molecular complexity index is 968. The molecule has 1 saturated carbocycles. The van der Waals surface area contributed by atoms with E-state index in [4.69, 9.17) is 25.7 Å². The molecule has 8 heteroatoms. The summed E-state index contributed by atoms with van der Waals surface area (Å²) in [7, 11) is 0. The molecule has 4 heterocycles. The Labute approximate surface area is 167 Å². The Hall–Kier alpha value is -1.83. The third-order valence-corrected chi connectivity index (χ3v) is 7.10. The van der Waals surface area contributed by atoms with Gasteiger partial charge in [0, 0.05) is 18.2 Å². The number of halogens is 1. The van der Waals surface area contributed by atoms with Crippen molar-refractivity contribution in [2.24, 2.45) is 0 Å². The van der Waals surface area contributed by atoms with Crippen LogP contribution in [0.5, 0.6) is 0 Å². The molecule has 1 aliphatic carbocycles. The van der Waals surface area contributed by atoms with E-state index >= 15 is 0 Å². The van der Waals surface area contributed by atoms with E-state index < -0.39 is 5.54 Å². The van der Waals surface area contributed by atoms with Crippen LogP contribution in [0.1, 0.15) is 50.0 Å². The van der Waals surface area contributed by atoms with E-state index in [0.717, 1.165) is 61.9 Å². The van der Waals surface area contributed by atoms with E-state index in [9.17, 15) is 4.79 Å². The first-order valence-corrected chi connectivity index (χ1v) is 10.6. The summed E-state index contributed by atoms with van der Waals surface area (Å²) in [6.07, 6.45) is 6.57. The molecule has 1 aromatic heterocycles. The zero-order chi connectivity index (χ0) is 18.9. The van der Waals surface area contributed by atoms with Crippen molar-refractivity contribution >= 4 is 34.4 Å². The van der Waals surface area contributed by atoms with Crippen molar-refractivity contribution in [1.29, 1.82) is 0 Å². The van der Waals surface area contributed by atoms with E-state index in [2.05, 4.69) is 15.5 Å². The van der Waals surface area contributed by atoms with Gasteiger partial charge in [-0.05, 0) is 25.3 Å². The third kappa shape index (κ3) is 2.49. The summed E-state index contributed by atoms with van der Waals surface area (Å²) >= 11 is 6.57. The number of likely N-dealkylation sites (tertiary alicyclic amines) is 1. The first-order valence-electron chi connectivity index (χ1n) is 10.2. The fourth-order valence-corrected chi connectivity index (χ4v) is 5.77. The van der Waals surface area contributed by atoms with Gasteiger partial charge in [0.25, 0.3) is 0 Å². The predicted octanol–water partition coefficient (Wildman–Crippen LogP) is 3.75. The lowest BCUT2D eigenvalue weighted by atomic mass is 9.74. The summed E-state index contributed by atoms with van der Waals surface area (Å²) in [6.45, 7) is 2.41. The van der Waals surface area contributed by atoms with Gasteiger partial charge in [-0.2, -0.15) is 0 Å². The van der Waals surface area contributed by atoms with Crippen molar-refractivity contribution in [2.75, 3.05) is 18.5 Å². The molecular weight excluding hydrogens is 380 g/mol. The zero-order valence-electron chi connectivity index (χ0n) is 15.6. The number of ether oxygens (including phenoxy) is 1. The molecule has 3 aliphatic heterocycles. The van der Waals surface area contributed by atoms with E-state index in [1.54, 1.807) is 0 Å². The van der Waals surface area contributed by atoms with Gasteiger partial charge in [0.1, 0.15) is 5.52 Å². The van der Waals surface area contributed by atoms with E-state index in [1.807, 2.05) is 6.07 Å². The van der Waals surface area contributed by atoms with Gasteiger partial charge in [-0.3, -0.25) is 4.90 Å². The van der Waals surface area contributed by atoms with Crippen LogP contribution in [0.3, 0.4) is 0 Å². The lowest BCUT2D eigenvalue weighted by molar-refractivity contribution is 0.0243. The number of rotatable bonds is 2. The van der Waals surface area contributed by atoms with Crippen LogP contribution in [0, 0.1) is 0 Å². The number of urea groups is 1. The van der Waals surface area contributed by atoms with Crippen molar-refractivity contribution in [1.82, 2.24) is 15.2 Å². The van der Waals surface area contributed by atoms with Crippen LogP contribution < -0.4 is 10.6 Å². The lowest BCUT2D eigenvalue weighted by Crippen LogP contribution is -2.52. The van der Waals surface area contributed by atoms with Gasteiger partial charge in [0.2, 0.25) is 5.89 Å². The highest BCUT2D eigenvalue weighted by molar-refractivity contribution is 6.35. The monoisotopic (exact) mass is 402 g/mol. The second kappa shape index (κ2) is 6.08. The molecule has 1 aromatic carbocycles. The molecule has 2 aromatic rings. The molecule has 3 fully saturated rings. The summed E-state index contributed by atoms with van der Waals surface area (Å²) < 4.78 is 12.0. The quantitative estimate of drug-likeness (QED) is 0.799. The average molecular weight is 403 g/mol. The molecule has 2 N–H and O–H groups in total. The number of carbonyl (C=O) groups excluding carboxylic acids is 1. The van der Waals surface area contributed by atoms with Gasteiger partial charge in [-0.25, -0.2) is 9.78 Å². The standard InChI is InChI=1S/C20H23ClN4O3/c21-13-7-14-18(28-15(22-14)9-25-8-12-6-11(25)10-27-12)16-17(13)23-19(26)24-20(16)4-2-1-3-5-20/h7,11-12H,1-6,8-10H2,(H2,23,24,26).